The van der Waals surface area contributed by atoms with Crippen molar-refractivity contribution in [3.8, 4) is 0 Å². The molecular weight excluding hydrogens is 240 g/mol. The fraction of sp³-hybridized carbons (Fsp3) is 0. The van der Waals surface area contributed by atoms with Crippen LogP contribution in [-0.2, 0) is 0 Å². The van der Waals surface area contributed by atoms with Gasteiger partial charge in [0, 0.05) is 17.9 Å². The van der Waals surface area contributed by atoms with Gasteiger partial charge in [-0.25, -0.2) is 4.98 Å². The Morgan fingerprint density at radius 1 is 0.833 bits per heavy atom. The quantitative estimate of drug-likeness (QED) is 0.457. The zero-order chi connectivity index (χ0) is 12.2. The largest absolute Gasteiger partial charge is 0.324 e. The lowest BCUT2D eigenvalue weighted by molar-refractivity contribution is 1.20. The van der Waals surface area contributed by atoms with Crippen molar-refractivity contribution in [3.63, 3.8) is 0 Å². The second-order valence-electron chi connectivity index (χ2n) is 3.86. The zero-order valence-corrected chi connectivity index (χ0v) is 10.5. The molecule has 88 valence electrons. The Labute approximate surface area is 109 Å². The molecule has 0 saturated heterocycles. The molecule has 18 heavy (non-hydrogen) atoms. The molecule has 2 nitrogen and oxygen atoms in total. The van der Waals surface area contributed by atoms with Gasteiger partial charge in [-0.2, -0.15) is 0 Å². The Kier molecular flexibility index (Phi) is 3.07. The second kappa shape index (κ2) is 5.02. The summed E-state index contributed by atoms with van der Waals surface area (Å²) < 4.78 is 3.34. The summed E-state index contributed by atoms with van der Waals surface area (Å²) in [4.78, 5) is 4.14. The molecule has 3 aromatic heterocycles. The molecule has 3 heteroatoms. The highest BCUT2D eigenvalue weighted by atomic mass is 32.1. The summed E-state index contributed by atoms with van der Waals surface area (Å²) in [6.45, 7) is 0. The van der Waals surface area contributed by atoms with Gasteiger partial charge in [0.1, 0.15) is 0 Å². The van der Waals surface area contributed by atoms with Crippen molar-refractivity contribution in [1.82, 2.24) is 9.38 Å². The van der Waals surface area contributed by atoms with Gasteiger partial charge in [0.2, 0.25) is 0 Å². The molecule has 0 spiro atoms. The van der Waals surface area contributed by atoms with Crippen LogP contribution in [0.25, 0.3) is 15.7 Å². The predicted octanol–water partition coefficient (Wildman–Crippen LogP) is 4.24. The Bertz CT molecular complexity index is 628. The number of para-hydroxylation sites is 1. The molecule has 0 saturated carbocycles. The normalized spacial score (nSPS) is 10.2. The lowest BCUT2D eigenvalue weighted by atomic mass is 10.3. The Hall–Kier alpha value is -2.13. The first-order chi connectivity index (χ1) is 8.93. The van der Waals surface area contributed by atoms with Gasteiger partial charge < -0.3 is 4.40 Å². The number of aromatic nitrogens is 2. The van der Waals surface area contributed by atoms with E-state index in [-0.39, 0.29) is 0 Å². The Balaban J connectivity index is 0.000000111. The summed E-state index contributed by atoms with van der Waals surface area (Å²) >= 11 is 1.68. The van der Waals surface area contributed by atoms with Crippen molar-refractivity contribution in [3.05, 3.63) is 72.5 Å². The molecule has 0 atom stereocenters. The van der Waals surface area contributed by atoms with Gasteiger partial charge >= 0.3 is 0 Å². The van der Waals surface area contributed by atoms with Crippen LogP contribution in [0.4, 0.5) is 0 Å². The standard InChI is InChI=1S/C8H7N.C7H5NS/c1-2-6-9-7-3-5-8(9)4-1;1-2-4-7-6(3-1)8-5-9-7/h1-7H;1-5H. The maximum atomic E-state index is 4.14. The summed E-state index contributed by atoms with van der Waals surface area (Å²) in [6.07, 6.45) is 4.07. The first-order valence-electron chi connectivity index (χ1n) is 5.73. The van der Waals surface area contributed by atoms with Crippen LogP contribution in [-0.4, -0.2) is 9.38 Å². The van der Waals surface area contributed by atoms with Crippen LogP contribution in [0.5, 0.6) is 0 Å². The van der Waals surface area contributed by atoms with Crippen molar-refractivity contribution in [1.29, 1.82) is 0 Å². The van der Waals surface area contributed by atoms with Crippen molar-refractivity contribution in [2.24, 2.45) is 0 Å². The van der Waals surface area contributed by atoms with Crippen LogP contribution in [0.3, 0.4) is 0 Å². The summed E-state index contributed by atoms with van der Waals surface area (Å²) in [5.74, 6) is 0. The summed E-state index contributed by atoms with van der Waals surface area (Å²) in [5.41, 5.74) is 4.21. The van der Waals surface area contributed by atoms with E-state index >= 15 is 0 Å². The summed E-state index contributed by atoms with van der Waals surface area (Å²) in [7, 11) is 0. The van der Waals surface area contributed by atoms with Gasteiger partial charge in [-0.15, -0.1) is 11.3 Å². The average Bonchev–Trinajstić information content (AvgIpc) is 3.08. The third-order valence-electron chi connectivity index (χ3n) is 2.67. The van der Waals surface area contributed by atoms with Crippen LogP contribution in [0.15, 0.2) is 72.5 Å². The third kappa shape index (κ3) is 2.26. The average molecular weight is 252 g/mol. The van der Waals surface area contributed by atoms with Crippen LogP contribution in [0.2, 0.25) is 0 Å². The first kappa shape index (κ1) is 11.0. The highest BCUT2D eigenvalue weighted by molar-refractivity contribution is 7.16. The number of nitrogens with zero attached hydrogens (tertiary/aromatic N) is 2. The van der Waals surface area contributed by atoms with E-state index in [9.17, 15) is 0 Å². The molecule has 1 aromatic carbocycles. The number of benzene rings is 1. The van der Waals surface area contributed by atoms with E-state index in [4.69, 9.17) is 0 Å². The number of thiazole rings is 1. The third-order valence-corrected chi connectivity index (χ3v) is 3.48. The fourth-order valence-electron chi connectivity index (χ4n) is 1.78. The van der Waals surface area contributed by atoms with E-state index in [1.165, 1.54) is 10.2 Å². The number of pyridine rings is 1. The second-order valence-corrected chi connectivity index (χ2v) is 4.75. The van der Waals surface area contributed by atoms with Crippen LogP contribution >= 0.6 is 11.3 Å². The molecule has 0 aliphatic carbocycles. The summed E-state index contributed by atoms with van der Waals surface area (Å²) in [5, 5.41) is 0. The van der Waals surface area contributed by atoms with E-state index in [2.05, 4.69) is 27.6 Å². The molecule has 0 amide bonds. The van der Waals surface area contributed by atoms with Crippen LogP contribution in [0, 0.1) is 0 Å². The van der Waals surface area contributed by atoms with Crippen molar-refractivity contribution >= 4 is 27.1 Å². The maximum Gasteiger partial charge on any atom is 0.0812 e. The molecule has 0 aliphatic heterocycles. The molecule has 0 unspecified atom stereocenters. The molecule has 4 aromatic rings. The predicted molar refractivity (Wildman–Crippen MR) is 77.0 cm³/mol. The first-order valence-corrected chi connectivity index (χ1v) is 6.61. The monoisotopic (exact) mass is 252 g/mol. The fourth-order valence-corrected chi connectivity index (χ4v) is 2.46. The SMILES string of the molecule is c1ccc2scnc2c1.c1ccn2cccc2c1. The van der Waals surface area contributed by atoms with Gasteiger partial charge in [-0.05, 0) is 36.4 Å². The zero-order valence-electron chi connectivity index (χ0n) is 9.73. The molecule has 0 fully saturated rings. The Morgan fingerprint density at radius 3 is 2.50 bits per heavy atom. The van der Waals surface area contributed by atoms with Gasteiger partial charge in [0.15, 0.2) is 0 Å². The minimum absolute atomic E-state index is 1.10. The Morgan fingerprint density at radius 2 is 1.61 bits per heavy atom. The van der Waals surface area contributed by atoms with Gasteiger partial charge in [-0.1, -0.05) is 18.2 Å². The molecule has 0 N–H and O–H groups in total. The number of hydrogen-bond donors (Lipinski definition) is 0. The van der Waals surface area contributed by atoms with Crippen molar-refractivity contribution in [2.75, 3.05) is 0 Å². The summed E-state index contributed by atoms with van der Waals surface area (Å²) in [6, 6.07) is 18.4. The van der Waals surface area contributed by atoms with Gasteiger partial charge in [-0.3, -0.25) is 0 Å². The smallest absolute Gasteiger partial charge is 0.0812 e. The lowest BCUT2D eigenvalue weighted by Gasteiger charge is -1.88. The molecule has 0 bridgehead atoms. The molecule has 3 heterocycles. The minimum Gasteiger partial charge on any atom is -0.324 e. The number of fused-ring (bicyclic) bond motifs is 2. The number of rotatable bonds is 0. The molecule has 4 rings (SSSR count). The molecular formula is C15H12N2S. The number of hydrogen-bond acceptors (Lipinski definition) is 2. The van der Waals surface area contributed by atoms with E-state index in [1.54, 1.807) is 11.3 Å². The van der Waals surface area contributed by atoms with E-state index in [1.807, 2.05) is 54.3 Å². The highest BCUT2D eigenvalue weighted by Crippen LogP contribution is 2.15. The van der Waals surface area contributed by atoms with Crippen molar-refractivity contribution in [2.45, 2.75) is 0 Å². The highest BCUT2D eigenvalue weighted by Gasteiger charge is 1.89. The maximum absolute atomic E-state index is 4.14. The lowest BCUT2D eigenvalue weighted by Crippen LogP contribution is -1.75. The van der Waals surface area contributed by atoms with Crippen LogP contribution < -0.4 is 0 Å². The van der Waals surface area contributed by atoms with Gasteiger partial charge in [0.05, 0.1) is 15.7 Å². The van der Waals surface area contributed by atoms with Crippen molar-refractivity contribution < 1.29 is 0 Å². The molecule has 0 aliphatic rings. The van der Waals surface area contributed by atoms with E-state index in [0.29, 0.717) is 0 Å². The van der Waals surface area contributed by atoms with Gasteiger partial charge in [0.25, 0.3) is 0 Å². The minimum atomic E-state index is 1.10. The topological polar surface area (TPSA) is 17.3 Å². The van der Waals surface area contributed by atoms with E-state index in [0.717, 1.165) is 5.52 Å². The van der Waals surface area contributed by atoms with E-state index < -0.39 is 0 Å². The van der Waals surface area contributed by atoms with Crippen LogP contribution in [0.1, 0.15) is 0 Å². The molecule has 0 radical (unpaired) electrons.